The Morgan fingerprint density at radius 2 is 2.00 bits per heavy atom. The highest BCUT2D eigenvalue weighted by Gasteiger charge is 2.16. The highest BCUT2D eigenvalue weighted by atomic mass is 16.4. The number of nitrogens with zero attached hydrogens (tertiary/aromatic N) is 1. The van der Waals surface area contributed by atoms with Crippen LogP contribution in [0.15, 0.2) is 10.6 Å². The topological polar surface area (TPSA) is 52.0 Å². The number of oxazole rings is 1. The van der Waals surface area contributed by atoms with Crippen molar-refractivity contribution in [1.29, 1.82) is 0 Å². The summed E-state index contributed by atoms with van der Waals surface area (Å²) in [6.45, 7) is 8.45. The molecule has 2 N–H and O–H groups in total. The summed E-state index contributed by atoms with van der Waals surface area (Å²) in [6.07, 6.45) is 2.72. The number of nitrogens with two attached hydrogens (primary N) is 1. The number of aromatic nitrogens is 1. The molecule has 0 amide bonds. The fraction of sp³-hybridized carbons (Fsp3) is 0.727. The fourth-order valence-electron chi connectivity index (χ4n) is 1.26. The third-order valence-electron chi connectivity index (χ3n) is 2.18. The zero-order valence-electron chi connectivity index (χ0n) is 9.45. The Labute approximate surface area is 85.7 Å². The minimum absolute atomic E-state index is 0.0871. The van der Waals surface area contributed by atoms with Gasteiger partial charge in [0.15, 0.2) is 0 Å². The van der Waals surface area contributed by atoms with Crippen LogP contribution in [0.25, 0.3) is 0 Å². The van der Waals surface area contributed by atoms with Crippen LogP contribution in [0.4, 0.5) is 0 Å². The van der Waals surface area contributed by atoms with Crippen LogP contribution in [-0.2, 0) is 6.42 Å². The Morgan fingerprint density at radius 1 is 1.36 bits per heavy atom. The summed E-state index contributed by atoms with van der Waals surface area (Å²) < 4.78 is 5.58. The first kappa shape index (κ1) is 11.2. The molecule has 80 valence electrons. The molecule has 1 unspecified atom stereocenters. The second-order valence-corrected chi connectivity index (χ2v) is 4.53. The number of rotatable bonds is 4. The lowest BCUT2D eigenvalue weighted by Gasteiger charge is -2.10. The molecule has 0 aliphatic carbocycles. The van der Waals surface area contributed by atoms with E-state index >= 15 is 0 Å². The second-order valence-electron chi connectivity index (χ2n) is 4.53. The third kappa shape index (κ3) is 2.84. The standard InChI is InChI=1S/C11H20N2O/c1-7(2)5-9-6-13-11(14-9)10(12)8(3)4/h6-8,10H,5,12H2,1-4H3. The fourth-order valence-corrected chi connectivity index (χ4v) is 1.26. The molecule has 1 aromatic rings. The second kappa shape index (κ2) is 4.60. The van der Waals surface area contributed by atoms with E-state index in [4.69, 9.17) is 10.2 Å². The van der Waals surface area contributed by atoms with E-state index in [1.165, 1.54) is 0 Å². The zero-order chi connectivity index (χ0) is 10.7. The quantitative estimate of drug-likeness (QED) is 0.805. The molecule has 1 atom stereocenters. The maximum atomic E-state index is 5.93. The van der Waals surface area contributed by atoms with Gasteiger partial charge in [0, 0.05) is 6.42 Å². The Kier molecular flexibility index (Phi) is 3.69. The molecule has 3 heteroatoms. The summed E-state index contributed by atoms with van der Waals surface area (Å²) in [5.74, 6) is 2.55. The summed E-state index contributed by atoms with van der Waals surface area (Å²) in [4.78, 5) is 4.20. The summed E-state index contributed by atoms with van der Waals surface area (Å²) >= 11 is 0. The van der Waals surface area contributed by atoms with Crippen molar-refractivity contribution in [2.75, 3.05) is 0 Å². The first-order valence-corrected chi connectivity index (χ1v) is 5.21. The molecule has 0 aliphatic heterocycles. The van der Waals surface area contributed by atoms with E-state index in [9.17, 15) is 0 Å². The Balaban J connectivity index is 2.67. The highest BCUT2D eigenvalue weighted by molar-refractivity contribution is 4.99. The van der Waals surface area contributed by atoms with Gasteiger partial charge < -0.3 is 10.2 Å². The van der Waals surface area contributed by atoms with E-state index in [0.29, 0.717) is 17.7 Å². The minimum Gasteiger partial charge on any atom is -0.444 e. The summed E-state index contributed by atoms with van der Waals surface area (Å²) in [6, 6.07) is -0.0871. The van der Waals surface area contributed by atoms with Crippen LogP contribution in [-0.4, -0.2) is 4.98 Å². The van der Waals surface area contributed by atoms with Gasteiger partial charge in [0.1, 0.15) is 5.76 Å². The van der Waals surface area contributed by atoms with Crippen molar-refractivity contribution >= 4 is 0 Å². The number of hydrogen-bond donors (Lipinski definition) is 1. The molecule has 0 saturated carbocycles. The molecule has 0 aliphatic rings. The van der Waals surface area contributed by atoms with Crippen LogP contribution in [0.1, 0.15) is 45.4 Å². The van der Waals surface area contributed by atoms with Gasteiger partial charge in [0.05, 0.1) is 12.2 Å². The van der Waals surface area contributed by atoms with Crippen LogP contribution in [0, 0.1) is 11.8 Å². The SMILES string of the molecule is CC(C)Cc1cnc(C(N)C(C)C)o1. The van der Waals surface area contributed by atoms with Crippen LogP contribution < -0.4 is 5.73 Å². The normalized spacial score (nSPS) is 13.9. The summed E-state index contributed by atoms with van der Waals surface area (Å²) in [7, 11) is 0. The average molecular weight is 196 g/mol. The summed E-state index contributed by atoms with van der Waals surface area (Å²) in [5, 5.41) is 0. The largest absolute Gasteiger partial charge is 0.444 e. The van der Waals surface area contributed by atoms with E-state index in [2.05, 4.69) is 32.7 Å². The molecule has 0 spiro atoms. The predicted octanol–water partition coefficient (Wildman–Crippen LogP) is 2.53. The van der Waals surface area contributed by atoms with Crippen molar-refractivity contribution in [2.24, 2.45) is 17.6 Å². The predicted molar refractivity (Wildman–Crippen MR) is 56.8 cm³/mol. The van der Waals surface area contributed by atoms with Crippen molar-refractivity contribution in [3.63, 3.8) is 0 Å². The van der Waals surface area contributed by atoms with E-state index in [1.54, 1.807) is 6.20 Å². The molecule has 1 aromatic heterocycles. The van der Waals surface area contributed by atoms with Gasteiger partial charge in [-0.25, -0.2) is 4.98 Å². The molecular weight excluding hydrogens is 176 g/mol. The molecule has 0 bridgehead atoms. The lowest BCUT2D eigenvalue weighted by atomic mass is 10.1. The summed E-state index contributed by atoms with van der Waals surface area (Å²) in [5.41, 5.74) is 5.93. The molecule has 0 fully saturated rings. The van der Waals surface area contributed by atoms with Crippen molar-refractivity contribution < 1.29 is 4.42 Å². The molecule has 0 aromatic carbocycles. The molecule has 1 rings (SSSR count). The van der Waals surface area contributed by atoms with Gasteiger partial charge in [-0.15, -0.1) is 0 Å². The van der Waals surface area contributed by atoms with Crippen LogP contribution >= 0.6 is 0 Å². The molecule has 3 nitrogen and oxygen atoms in total. The van der Waals surface area contributed by atoms with Gasteiger partial charge in [-0.05, 0) is 11.8 Å². The Hall–Kier alpha value is -0.830. The third-order valence-corrected chi connectivity index (χ3v) is 2.18. The molecule has 14 heavy (non-hydrogen) atoms. The van der Waals surface area contributed by atoms with Crippen molar-refractivity contribution in [2.45, 2.75) is 40.2 Å². The zero-order valence-corrected chi connectivity index (χ0v) is 9.45. The van der Waals surface area contributed by atoms with Crippen LogP contribution in [0.3, 0.4) is 0 Å². The monoisotopic (exact) mass is 196 g/mol. The van der Waals surface area contributed by atoms with Crippen molar-refractivity contribution in [3.05, 3.63) is 17.8 Å². The van der Waals surface area contributed by atoms with Crippen LogP contribution in [0.2, 0.25) is 0 Å². The van der Waals surface area contributed by atoms with E-state index in [1.807, 2.05) is 0 Å². The number of hydrogen-bond acceptors (Lipinski definition) is 3. The van der Waals surface area contributed by atoms with Gasteiger partial charge in [0.2, 0.25) is 5.89 Å². The molecular formula is C11H20N2O. The lowest BCUT2D eigenvalue weighted by Crippen LogP contribution is -2.16. The first-order chi connectivity index (χ1) is 6.50. The Morgan fingerprint density at radius 3 is 2.50 bits per heavy atom. The maximum Gasteiger partial charge on any atom is 0.211 e. The smallest absolute Gasteiger partial charge is 0.211 e. The van der Waals surface area contributed by atoms with Crippen molar-refractivity contribution in [3.8, 4) is 0 Å². The Bertz CT molecular complexity index is 279. The van der Waals surface area contributed by atoms with E-state index < -0.39 is 0 Å². The highest BCUT2D eigenvalue weighted by Crippen LogP contribution is 2.19. The average Bonchev–Trinajstić information content (AvgIpc) is 2.50. The van der Waals surface area contributed by atoms with Gasteiger partial charge in [0.25, 0.3) is 0 Å². The van der Waals surface area contributed by atoms with Gasteiger partial charge in [-0.3, -0.25) is 0 Å². The lowest BCUT2D eigenvalue weighted by molar-refractivity contribution is 0.364. The van der Waals surface area contributed by atoms with E-state index in [0.717, 1.165) is 12.2 Å². The van der Waals surface area contributed by atoms with Crippen LogP contribution in [0.5, 0.6) is 0 Å². The minimum atomic E-state index is -0.0871. The first-order valence-electron chi connectivity index (χ1n) is 5.21. The van der Waals surface area contributed by atoms with Gasteiger partial charge in [-0.1, -0.05) is 27.7 Å². The molecule has 1 heterocycles. The molecule has 0 radical (unpaired) electrons. The maximum absolute atomic E-state index is 5.93. The molecule has 0 saturated heterocycles. The van der Waals surface area contributed by atoms with Gasteiger partial charge in [-0.2, -0.15) is 0 Å². The van der Waals surface area contributed by atoms with Crippen molar-refractivity contribution in [1.82, 2.24) is 4.98 Å². The van der Waals surface area contributed by atoms with E-state index in [-0.39, 0.29) is 6.04 Å². The van der Waals surface area contributed by atoms with Gasteiger partial charge >= 0.3 is 0 Å².